The molecule has 0 radical (unpaired) electrons. The highest BCUT2D eigenvalue weighted by atomic mass is 16.3. The maximum atomic E-state index is 9.27. The summed E-state index contributed by atoms with van der Waals surface area (Å²) in [7, 11) is 0. The second-order valence-electron chi connectivity index (χ2n) is 4.59. The van der Waals surface area contributed by atoms with Crippen molar-refractivity contribution in [1.29, 1.82) is 0 Å². The van der Waals surface area contributed by atoms with Crippen molar-refractivity contribution in [1.82, 2.24) is 4.98 Å². The smallest absolute Gasteiger partial charge is 0.0515 e. The minimum atomic E-state index is 0.207. The Morgan fingerprint density at radius 2 is 2.13 bits per heavy atom. The maximum absolute atomic E-state index is 9.27. The first-order valence-electron chi connectivity index (χ1n) is 5.72. The molecule has 1 atom stereocenters. The van der Waals surface area contributed by atoms with E-state index in [1.165, 1.54) is 23.2 Å². The van der Waals surface area contributed by atoms with Crippen LogP contribution < -0.4 is 5.73 Å². The third-order valence-electron chi connectivity index (χ3n) is 3.75. The van der Waals surface area contributed by atoms with Crippen LogP contribution in [0.5, 0.6) is 0 Å². The molecule has 2 aliphatic rings. The van der Waals surface area contributed by atoms with E-state index in [0.29, 0.717) is 0 Å². The molecular formula is C12H16N2O. The Labute approximate surface area is 89.3 Å². The summed E-state index contributed by atoms with van der Waals surface area (Å²) < 4.78 is 0. The minimum absolute atomic E-state index is 0.207. The number of fused-ring (bicyclic) bond motifs is 2. The lowest BCUT2D eigenvalue weighted by Crippen LogP contribution is -2.07. The van der Waals surface area contributed by atoms with Crippen LogP contribution in [-0.4, -0.2) is 16.7 Å². The molecule has 15 heavy (non-hydrogen) atoms. The van der Waals surface area contributed by atoms with Crippen molar-refractivity contribution in [2.75, 3.05) is 12.3 Å². The number of nitrogens with zero attached hydrogens (tertiary/aromatic N) is 1. The summed E-state index contributed by atoms with van der Waals surface area (Å²) in [5.74, 6) is 0.230. The van der Waals surface area contributed by atoms with Gasteiger partial charge < -0.3 is 10.8 Å². The van der Waals surface area contributed by atoms with E-state index in [4.69, 9.17) is 10.7 Å². The van der Waals surface area contributed by atoms with Crippen LogP contribution in [0.4, 0.5) is 5.69 Å². The fourth-order valence-corrected chi connectivity index (χ4v) is 2.91. The number of aromatic nitrogens is 1. The fraction of sp³-hybridized carbons (Fsp3) is 0.583. The van der Waals surface area contributed by atoms with Gasteiger partial charge in [-0.3, -0.25) is 4.98 Å². The molecule has 0 saturated heterocycles. The van der Waals surface area contributed by atoms with Gasteiger partial charge in [0.15, 0.2) is 0 Å². The summed E-state index contributed by atoms with van der Waals surface area (Å²) in [6.07, 6.45) is 5.33. The summed E-state index contributed by atoms with van der Waals surface area (Å²) in [6.45, 7) is 0.207. The van der Waals surface area contributed by atoms with E-state index in [9.17, 15) is 5.11 Å². The summed E-state index contributed by atoms with van der Waals surface area (Å²) >= 11 is 0. The zero-order valence-corrected chi connectivity index (χ0v) is 8.79. The maximum Gasteiger partial charge on any atom is 0.0515 e. The normalized spacial score (nSPS) is 22.9. The Balaban J connectivity index is 2.17. The van der Waals surface area contributed by atoms with Gasteiger partial charge in [0, 0.05) is 17.3 Å². The van der Waals surface area contributed by atoms with Crippen LogP contribution in [0.1, 0.15) is 41.3 Å². The number of hydrogen-bond donors (Lipinski definition) is 2. The van der Waals surface area contributed by atoms with Crippen molar-refractivity contribution < 1.29 is 5.11 Å². The van der Waals surface area contributed by atoms with Crippen molar-refractivity contribution in [3.05, 3.63) is 22.5 Å². The highest BCUT2D eigenvalue weighted by Gasteiger charge is 2.29. The summed E-state index contributed by atoms with van der Waals surface area (Å²) in [4.78, 5) is 4.71. The zero-order chi connectivity index (χ0) is 10.4. The number of rotatable bonds is 1. The van der Waals surface area contributed by atoms with Crippen molar-refractivity contribution in [2.45, 2.75) is 38.0 Å². The average Bonchev–Trinajstić information content (AvgIpc) is 2.83. The molecular weight excluding hydrogens is 188 g/mol. The lowest BCUT2D eigenvalue weighted by atomic mass is 10.0. The van der Waals surface area contributed by atoms with E-state index in [1.807, 2.05) is 0 Å². The third-order valence-corrected chi connectivity index (χ3v) is 3.75. The number of nitrogens with two attached hydrogens (primary N) is 1. The van der Waals surface area contributed by atoms with Crippen LogP contribution in [0.3, 0.4) is 0 Å². The fourth-order valence-electron chi connectivity index (χ4n) is 2.91. The van der Waals surface area contributed by atoms with Gasteiger partial charge in [-0.25, -0.2) is 0 Å². The molecule has 0 aromatic carbocycles. The van der Waals surface area contributed by atoms with Gasteiger partial charge in [0.1, 0.15) is 0 Å². The van der Waals surface area contributed by atoms with E-state index in [2.05, 4.69) is 0 Å². The molecule has 3 N–H and O–H groups in total. The van der Waals surface area contributed by atoms with E-state index in [-0.39, 0.29) is 12.5 Å². The molecule has 3 rings (SSSR count). The predicted octanol–water partition coefficient (Wildman–Crippen LogP) is 1.17. The Kier molecular flexibility index (Phi) is 1.96. The standard InChI is InChI=1S/C12H16N2O/c13-11-8-2-1-3-10(8)14-12-7(6-15)4-5-9(11)12/h7,15H,1-6H2,(H2,13,14). The van der Waals surface area contributed by atoms with Gasteiger partial charge >= 0.3 is 0 Å². The second-order valence-corrected chi connectivity index (χ2v) is 4.59. The molecule has 0 spiro atoms. The van der Waals surface area contributed by atoms with E-state index >= 15 is 0 Å². The number of aryl methyl sites for hydroxylation is 1. The molecule has 1 unspecified atom stereocenters. The Bertz CT molecular complexity index is 415. The first-order valence-corrected chi connectivity index (χ1v) is 5.72. The quantitative estimate of drug-likeness (QED) is 0.722. The number of nitrogen functional groups attached to an aromatic ring is 1. The van der Waals surface area contributed by atoms with Crippen LogP contribution in [0.2, 0.25) is 0 Å². The molecule has 0 bridgehead atoms. The third kappa shape index (κ3) is 1.19. The second kappa shape index (κ2) is 3.20. The van der Waals surface area contributed by atoms with Crippen LogP contribution in [0, 0.1) is 0 Å². The minimum Gasteiger partial charge on any atom is -0.398 e. The van der Waals surface area contributed by atoms with Crippen LogP contribution >= 0.6 is 0 Å². The monoisotopic (exact) mass is 204 g/mol. The first-order chi connectivity index (χ1) is 7.31. The Hall–Kier alpha value is -1.09. The summed E-state index contributed by atoms with van der Waals surface area (Å²) in [5.41, 5.74) is 11.9. The Morgan fingerprint density at radius 1 is 1.27 bits per heavy atom. The number of pyridine rings is 1. The molecule has 3 nitrogen and oxygen atoms in total. The summed E-state index contributed by atoms with van der Waals surface area (Å²) in [5, 5.41) is 9.27. The van der Waals surface area contributed by atoms with Crippen molar-refractivity contribution in [2.24, 2.45) is 0 Å². The molecule has 80 valence electrons. The molecule has 1 heterocycles. The number of hydrogen-bond acceptors (Lipinski definition) is 3. The van der Waals surface area contributed by atoms with Gasteiger partial charge in [0.2, 0.25) is 0 Å². The number of aliphatic hydroxyl groups is 1. The average molecular weight is 204 g/mol. The van der Waals surface area contributed by atoms with Gasteiger partial charge in [0.25, 0.3) is 0 Å². The largest absolute Gasteiger partial charge is 0.398 e. The molecule has 2 aliphatic carbocycles. The SMILES string of the molecule is Nc1c2c(nc3c1CCC3CO)CCC2. The van der Waals surface area contributed by atoms with Crippen molar-refractivity contribution >= 4 is 5.69 Å². The van der Waals surface area contributed by atoms with Gasteiger partial charge in [-0.05, 0) is 43.2 Å². The molecule has 0 amide bonds. The van der Waals surface area contributed by atoms with Crippen LogP contribution in [0.25, 0.3) is 0 Å². The van der Waals surface area contributed by atoms with Crippen LogP contribution in [-0.2, 0) is 19.3 Å². The molecule has 0 fully saturated rings. The van der Waals surface area contributed by atoms with Crippen molar-refractivity contribution in [3.63, 3.8) is 0 Å². The first kappa shape index (κ1) is 9.16. The van der Waals surface area contributed by atoms with Gasteiger partial charge in [-0.1, -0.05) is 0 Å². The highest BCUT2D eigenvalue weighted by Crippen LogP contribution is 2.39. The number of anilines is 1. The lowest BCUT2D eigenvalue weighted by Gasteiger charge is -2.12. The summed E-state index contributed by atoms with van der Waals surface area (Å²) in [6, 6.07) is 0. The van der Waals surface area contributed by atoms with Crippen LogP contribution in [0.15, 0.2) is 0 Å². The lowest BCUT2D eigenvalue weighted by molar-refractivity contribution is 0.263. The highest BCUT2D eigenvalue weighted by molar-refractivity contribution is 5.60. The molecule has 1 aromatic rings. The number of aliphatic hydroxyl groups excluding tert-OH is 1. The van der Waals surface area contributed by atoms with Gasteiger partial charge in [0.05, 0.1) is 12.3 Å². The molecule has 1 aromatic heterocycles. The van der Waals surface area contributed by atoms with Crippen molar-refractivity contribution in [3.8, 4) is 0 Å². The molecule has 0 aliphatic heterocycles. The van der Waals surface area contributed by atoms with E-state index in [1.54, 1.807) is 0 Å². The van der Waals surface area contributed by atoms with E-state index < -0.39 is 0 Å². The molecule has 3 heteroatoms. The molecule has 0 saturated carbocycles. The van der Waals surface area contributed by atoms with Gasteiger partial charge in [-0.15, -0.1) is 0 Å². The van der Waals surface area contributed by atoms with Gasteiger partial charge in [-0.2, -0.15) is 0 Å². The predicted molar refractivity (Wildman–Crippen MR) is 58.8 cm³/mol. The topological polar surface area (TPSA) is 59.1 Å². The van der Waals surface area contributed by atoms with E-state index in [0.717, 1.165) is 37.1 Å². The zero-order valence-electron chi connectivity index (χ0n) is 8.79. The Morgan fingerprint density at radius 3 is 2.93 bits per heavy atom.